The first-order chi connectivity index (χ1) is 24.4. The molecule has 5 fully saturated rings. The van der Waals surface area contributed by atoms with Crippen LogP contribution in [0.5, 0.6) is 0 Å². The van der Waals surface area contributed by atoms with Gasteiger partial charge in [0, 0.05) is 24.2 Å². The molecule has 52 heavy (non-hydrogen) atoms. The van der Waals surface area contributed by atoms with Gasteiger partial charge in [-0.05, 0) is 127 Å². The number of nitrogens with zero attached hydrogens (tertiary/aromatic N) is 1. The SMILES string of the molecule is C=C(C)C1CCC2(NC(=O)N3CCNC(=O)C3CC(=O)O)CCC3(C)C(CCC4C5(C)CC=C(c6ccc(C(O)O)cc6)C(C)(C)C5CCC43C)C12. The van der Waals surface area contributed by atoms with Crippen molar-refractivity contribution < 1.29 is 29.7 Å². The first-order valence-electron chi connectivity index (χ1n) is 19.8. The highest BCUT2D eigenvalue weighted by atomic mass is 16.5. The third-order valence-electron chi connectivity index (χ3n) is 16.5. The minimum Gasteiger partial charge on any atom is -0.481 e. The summed E-state index contributed by atoms with van der Waals surface area (Å²) in [6.45, 7) is 19.9. The fraction of sp³-hybridized carbons (Fsp3) is 0.698. The Labute approximate surface area is 309 Å². The molecule has 1 aromatic carbocycles. The molecule has 1 aliphatic heterocycles. The number of carboxylic acid groups (broad SMARTS) is 1. The highest BCUT2D eigenvalue weighted by Gasteiger charge is 2.70. The van der Waals surface area contributed by atoms with Crippen molar-refractivity contribution in [3.8, 4) is 0 Å². The summed E-state index contributed by atoms with van der Waals surface area (Å²) in [6.07, 6.45) is 9.99. The first kappa shape index (κ1) is 37.2. The van der Waals surface area contributed by atoms with E-state index in [0.29, 0.717) is 42.3 Å². The number of allylic oxidation sites excluding steroid dienone is 3. The molecule has 6 aliphatic rings. The lowest BCUT2D eigenvalue weighted by Crippen LogP contribution is -2.69. The lowest BCUT2D eigenvalue weighted by Gasteiger charge is -2.72. The quantitative estimate of drug-likeness (QED) is 0.158. The number of carbonyl (C=O) groups is 3. The number of piperazine rings is 1. The number of fused-ring (bicyclic) bond motifs is 7. The van der Waals surface area contributed by atoms with Gasteiger partial charge in [-0.3, -0.25) is 9.59 Å². The van der Waals surface area contributed by atoms with Gasteiger partial charge in [0.05, 0.1) is 6.42 Å². The second kappa shape index (κ2) is 12.7. The Morgan fingerprint density at radius 3 is 2.33 bits per heavy atom. The second-order valence-corrected chi connectivity index (χ2v) is 18.9. The van der Waals surface area contributed by atoms with E-state index in [1.165, 1.54) is 22.5 Å². The zero-order chi connectivity index (χ0) is 37.6. The third-order valence-corrected chi connectivity index (χ3v) is 16.5. The van der Waals surface area contributed by atoms with Gasteiger partial charge in [0.15, 0.2) is 6.29 Å². The average molecular weight is 716 g/mol. The molecule has 0 aromatic heterocycles. The Balaban J connectivity index is 1.19. The zero-order valence-corrected chi connectivity index (χ0v) is 32.1. The van der Waals surface area contributed by atoms with Crippen LogP contribution in [0.15, 0.2) is 42.5 Å². The fourth-order valence-electron chi connectivity index (χ4n) is 13.9. The van der Waals surface area contributed by atoms with Gasteiger partial charge in [-0.25, -0.2) is 4.79 Å². The van der Waals surface area contributed by atoms with Gasteiger partial charge in [0.1, 0.15) is 6.04 Å². The number of amides is 3. The van der Waals surface area contributed by atoms with Gasteiger partial charge in [-0.15, -0.1) is 0 Å². The molecular weight excluding hydrogens is 654 g/mol. The molecule has 5 N–H and O–H groups in total. The Kier molecular flexibility index (Phi) is 9.09. The number of hydrogen-bond acceptors (Lipinski definition) is 5. The molecule has 1 heterocycles. The highest BCUT2D eigenvalue weighted by molar-refractivity contribution is 5.91. The second-order valence-electron chi connectivity index (χ2n) is 18.9. The normalized spacial score (nSPS) is 40.8. The zero-order valence-electron chi connectivity index (χ0n) is 32.1. The van der Waals surface area contributed by atoms with Crippen molar-refractivity contribution in [2.24, 2.45) is 51.2 Å². The van der Waals surface area contributed by atoms with Crippen LogP contribution in [-0.2, 0) is 9.59 Å². The van der Waals surface area contributed by atoms with Gasteiger partial charge in [0.25, 0.3) is 0 Å². The summed E-state index contributed by atoms with van der Waals surface area (Å²) in [6, 6.07) is 6.43. The van der Waals surface area contributed by atoms with Crippen molar-refractivity contribution in [2.45, 2.75) is 124 Å². The Morgan fingerprint density at radius 2 is 1.67 bits per heavy atom. The molecule has 10 unspecified atom stereocenters. The molecule has 9 nitrogen and oxygen atoms in total. The molecule has 7 rings (SSSR count). The maximum Gasteiger partial charge on any atom is 0.318 e. The third kappa shape index (κ3) is 5.41. The van der Waals surface area contributed by atoms with E-state index in [0.717, 1.165) is 56.9 Å². The monoisotopic (exact) mass is 715 g/mol. The van der Waals surface area contributed by atoms with Crippen LogP contribution in [0.1, 0.15) is 123 Å². The summed E-state index contributed by atoms with van der Waals surface area (Å²) in [5, 5.41) is 35.2. The number of aliphatic hydroxyl groups is 2. The van der Waals surface area contributed by atoms with Gasteiger partial charge in [0.2, 0.25) is 5.91 Å². The van der Waals surface area contributed by atoms with Crippen molar-refractivity contribution in [1.82, 2.24) is 15.5 Å². The van der Waals surface area contributed by atoms with Gasteiger partial charge >= 0.3 is 12.0 Å². The predicted molar refractivity (Wildman–Crippen MR) is 201 cm³/mol. The van der Waals surface area contributed by atoms with E-state index in [9.17, 15) is 29.7 Å². The number of aliphatic carboxylic acids is 1. The van der Waals surface area contributed by atoms with Gasteiger partial charge < -0.3 is 30.9 Å². The van der Waals surface area contributed by atoms with Crippen molar-refractivity contribution in [1.29, 1.82) is 0 Å². The number of carbonyl (C=O) groups excluding carboxylic acids is 2. The van der Waals surface area contributed by atoms with Crippen LogP contribution in [0, 0.1) is 51.2 Å². The number of rotatable bonds is 6. The molecule has 0 bridgehead atoms. The summed E-state index contributed by atoms with van der Waals surface area (Å²) in [5.41, 5.74) is 4.10. The standard InChI is InChI=1S/C43H61N3O6/c1-25(2)28-14-19-43(45-38(52)46-23-22-44-36(49)31(46)24-34(47)48)21-20-41(6)30(35(28)43)12-13-33-40(5)17-15-29(26-8-10-27(11-9-26)37(50)51)39(3,4)32(40)16-18-42(33,41)7/h8-11,15,28,30-33,35,37,50-51H,1,12-14,16-24H2,2-7H3,(H,44,49)(H,45,52)(H,47,48). The van der Waals surface area contributed by atoms with Crippen LogP contribution < -0.4 is 10.6 Å². The number of hydrogen-bond donors (Lipinski definition) is 5. The van der Waals surface area contributed by atoms with Gasteiger partial charge in [-0.2, -0.15) is 0 Å². The average Bonchev–Trinajstić information content (AvgIpc) is 3.45. The Bertz CT molecular complexity index is 1670. The predicted octanol–water partition coefficient (Wildman–Crippen LogP) is 7.06. The minimum atomic E-state index is -1.47. The summed E-state index contributed by atoms with van der Waals surface area (Å²) in [7, 11) is 0. The first-order valence-corrected chi connectivity index (χ1v) is 19.8. The van der Waals surface area contributed by atoms with E-state index < -0.39 is 36.2 Å². The molecule has 4 saturated carbocycles. The molecule has 9 heteroatoms. The number of benzene rings is 1. The Hall–Kier alpha value is -3.17. The van der Waals surface area contributed by atoms with E-state index in [1.807, 2.05) is 24.3 Å². The summed E-state index contributed by atoms with van der Waals surface area (Å²) in [5.74, 6) is 0.526. The highest BCUT2D eigenvalue weighted by Crippen LogP contribution is 2.76. The maximum absolute atomic E-state index is 14.2. The van der Waals surface area contributed by atoms with Crippen LogP contribution in [0.3, 0.4) is 0 Å². The van der Waals surface area contributed by atoms with Crippen LogP contribution in [0.2, 0.25) is 0 Å². The van der Waals surface area contributed by atoms with Crippen LogP contribution in [-0.4, -0.2) is 62.8 Å². The van der Waals surface area contributed by atoms with Crippen molar-refractivity contribution in [3.05, 3.63) is 53.6 Å². The van der Waals surface area contributed by atoms with Crippen LogP contribution >= 0.6 is 0 Å². The van der Waals surface area contributed by atoms with Gasteiger partial charge in [-0.1, -0.05) is 77.1 Å². The molecule has 0 radical (unpaired) electrons. The number of carboxylic acids is 1. The summed E-state index contributed by atoms with van der Waals surface area (Å²) < 4.78 is 0. The van der Waals surface area contributed by atoms with Crippen molar-refractivity contribution in [2.75, 3.05) is 13.1 Å². The summed E-state index contributed by atoms with van der Waals surface area (Å²) in [4.78, 5) is 40.1. The summed E-state index contributed by atoms with van der Waals surface area (Å²) >= 11 is 0. The number of nitrogens with one attached hydrogen (secondary N) is 2. The number of urea groups is 1. The largest absolute Gasteiger partial charge is 0.481 e. The molecule has 1 saturated heterocycles. The van der Waals surface area contributed by atoms with Crippen LogP contribution in [0.4, 0.5) is 4.79 Å². The lowest BCUT2D eigenvalue weighted by atomic mass is 9.33. The van der Waals surface area contributed by atoms with Crippen molar-refractivity contribution in [3.63, 3.8) is 0 Å². The van der Waals surface area contributed by atoms with E-state index in [2.05, 4.69) is 64.8 Å². The molecule has 0 spiro atoms. The molecule has 284 valence electrons. The lowest BCUT2D eigenvalue weighted by molar-refractivity contribution is -0.218. The maximum atomic E-state index is 14.2. The van der Waals surface area contributed by atoms with E-state index in [1.54, 1.807) is 0 Å². The van der Waals surface area contributed by atoms with Crippen molar-refractivity contribution >= 4 is 23.5 Å². The molecule has 1 aromatic rings. The molecular formula is C43H61N3O6. The molecule has 3 amide bonds. The minimum absolute atomic E-state index is 0.0439. The topological polar surface area (TPSA) is 139 Å². The fourth-order valence-corrected chi connectivity index (χ4v) is 13.9. The smallest absolute Gasteiger partial charge is 0.318 e. The van der Waals surface area contributed by atoms with E-state index >= 15 is 0 Å². The number of aliphatic hydroxyl groups excluding tert-OH is 1. The Morgan fingerprint density at radius 1 is 0.962 bits per heavy atom. The van der Waals surface area contributed by atoms with Crippen LogP contribution in [0.25, 0.3) is 5.57 Å². The van der Waals surface area contributed by atoms with E-state index in [4.69, 9.17) is 0 Å². The molecule has 10 atom stereocenters. The molecule has 5 aliphatic carbocycles. The van der Waals surface area contributed by atoms with E-state index in [-0.39, 0.29) is 33.6 Å².